The van der Waals surface area contributed by atoms with Crippen molar-refractivity contribution in [3.8, 4) is 0 Å². The summed E-state index contributed by atoms with van der Waals surface area (Å²) < 4.78 is 0. The Hall–Kier alpha value is -1.35. The van der Waals surface area contributed by atoms with Crippen LogP contribution in [-0.2, 0) is 4.79 Å². The number of hydrogen-bond acceptors (Lipinski definition) is 2. The van der Waals surface area contributed by atoms with Crippen molar-refractivity contribution >= 4 is 5.91 Å². The minimum Gasteiger partial charge on any atom is -0.354 e. The fraction of sp³-hybridized carbons (Fsp3) is 0.588. The summed E-state index contributed by atoms with van der Waals surface area (Å²) in [6.07, 6.45) is 0.882. The number of benzene rings is 1. The molecule has 112 valence electrons. The van der Waals surface area contributed by atoms with E-state index in [9.17, 15) is 4.79 Å². The predicted octanol–water partition coefficient (Wildman–Crippen LogP) is 3.23. The summed E-state index contributed by atoms with van der Waals surface area (Å²) in [7, 11) is 0. The third kappa shape index (κ3) is 4.64. The first-order chi connectivity index (χ1) is 9.63. The Balaban J connectivity index is 2.76. The average Bonchev–Trinajstić information content (AvgIpc) is 2.51. The van der Waals surface area contributed by atoms with E-state index in [-0.39, 0.29) is 17.9 Å². The summed E-state index contributed by atoms with van der Waals surface area (Å²) in [5, 5.41) is 3.10. The van der Waals surface area contributed by atoms with Gasteiger partial charge in [-0.15, -0.1) is 0 Å². The first-order valence-electron chi connectivity index (χ1n) is 7.70. The lowest BCUT2D eigenvalue weighted by molar-refractivity contribution is -0.124. The molecular formula is C17H28N2O. The van der Waals surface area contributed by atoms with Gasteiger partial charge in [0.1, 0.15) is 0 Å². The third-order valence-corrected chi connectivity index (χ3v) is 3.97. The highest BCUT2D eigenvalue weighted by molar-refractivity contribution is 5.78. The normalized spacial score (nSPS) is 14.1. The van der Waals surface area contributed by atoms with Crippen molar-refractivity contribution in [3.05, 3.63) is 35.9 Å². The minimum absolute atomic E-state index is 0.0862. The Morgan fingerprint density at radius 3 is 2.25 bits per heavy atom. The molecule has 1 aromatic rings. The lowest BCUT2D eigenvalue weighted by Crippen LogP contribution is -2.39. The first kappa shape index (κ1) is 16.7. The molecule has 0 aromatic heterocycles. The van der Waals surface area contributed by atoms with E-state index in [0.717, 1.165) is 19.5 Å². The van der Waals surface area contributed by atoms with Crippen LogP contribution in [-0.4, -0.2) is 30.4 Å². The molecule has 1 aromatic carbocycles. The fourth-order valence-electron chi connectivity index (χ4n) is 2.35. The lowest BCUT2D eigenvalue weighted by atomic mass is 10.0. The molecule has 0 aliphatic rings. The molecule has 0 bridgehead atoms. The van der Waals surface area contributed by atoms with Gasteiger partial charge in [-0.25, -0.2) is 0 Å². The fourth-order valence-corrected chi connectivity index (χ4v) is 2.35. The Labute approximate surface area is 123 Å². The van der Waals surface area contributed by atoms with Gasteiger partial charge in [0.25, 0.3) is 0 Å². The second-order valence-electron chi connectivity index (χ2n) is 5.20. The van der Waals surface area contributed by atoms with Crippen molar-refractivity contribution in [1.29, 1.82) is 0 Å². The first-order valence-corrected chi connectivity index (χ1v) is 7.70. The van der Waals surface area contributed by atoms with Crippen LogP contribution >= 0.6 is 0 Å². The van der Waals surface area contributed by atoms with E-state index in [4.69, 9.17) is 0 Å². The zero-order valence-electron chi connectivity index (χ0n) is 13.2. The Bertz CT molecular complexity index is 387. The number of hydrogen-bond donors (Lipinski definition) is 1. The van der Waals surface area contributed by atoms with Gasteiger partial charge in [-0.05, 0) is 25.1 Å². The summed E-state index contributed by atoms with van der Waals surface area (Å²) in [5.74, 6) is 0.240. The highest BCUT2D eigenvalue weighted by atomic mass is 16.1. The lowest BCUT2D eigenvalue weighted by Gasteiger charge is -2.30. The predicted molar refractivity (Wildman–Crippen MR) is 84.6 cm³/mol. The monoisotopic (exact) mass is 276 g/mol. The highest BCUT2D eigenvalue weighted by Gasteiger charge is 2.19. The largest absolute Gasteiger partial charge is 0.354 e. The van der Waals surface area contributed by atoms with E-state index in [0.29, 0.717) is 6.54 Å². The number of amides is 1. The van der Waals surface area contributed by atoms with Gasteiger partial charge >= 0.3 is 0 Å². The molecule has 20 heavy (non-hydrogen) atoms. The van der Waals surface area contributed by atoms with E-state index >= 15 is 0 Å². The van der Waals surface area contributed by atoms with Crippen LogP contribution in [0.3, 0.4) is 0 Å². The summed E-state index contributed by atoms with van der Waals surface area (Å²) in [4.78, 5) is 14.4. The SMILES string of the molecule is CCC(C)C(=O)NCC(c1ccccc1)N(CC)CC. The van der Waals surface area contributed by atoms with E-state index in [1.54, 1.807) is 0 Å². The van der Waals surface area contributed by atoms with Gasteiger partial charge in [0.05, 0.1) is 6.04 Å². The molecule has 1 N–H and O–H groups in total. The van der Waals surface area contributed by atoms with Crippen LogP contribution in [0.2, 0.25) is 0 Å². The van der Waals surface area contributed by atoms with Crippen molar-refractivity contribution in [2.24, 2.45) is 5.92 Å². The number of likely N-dealkylation sites (N-methyl/N-ethyl adjacent to an activating group) is 1. The molecule has 0 aliphatic heterocycles. The standard InChI is InChI=1S/C17H28N2O/c1-5-14(4)17(20)18-13-16(19(6-2)7-3)15-11-9-8-10-12-15/h8-12,14,16H,5-7,13H2,1-4H3,(H,18,20). The Kier molecular flexibility index (Phi) is 7.31. The molecule has 2 unspecified atom stereocenters. The van der Waals surface area contributed by atoms with Gasteiger partial charge in [0.15, 0.2) is 0 Å². The highest BCUT2D eigenvalue weighted by Crippen LogP contribution is 2.19. The quantitative estimate of drug-likeness (QED) is 0.790. The summed E-state index contributed by atoms with van der Waals surface area (Å²) in [6.45, 7) is 11.0. The molecule has 0 aliphatic carbocycles. The smallest absolute Gasteiger partial charge is 0.222 e. The minimum atomic E-state index is 0.0862. The zero-order valence-corrected chi connectivity index (χ0v) is 13.2. The van der Waals surface area contributed by atoms with E-state index in [1.165, 1.54) is 5.56 Å². The number of rotatable bonds is 8. The third-order valence-electron chi connectivity index (χ3n) is 3.97. The second-order valence-corrected chi connectivity index (χ2v) is 5.20. The van der Waals surface area contributed by atoms with Gasteiger partial charge in [-0.1, -0.05) is 58.0 Å². The molecule has 2 atom stereocenters. The summed E-state index contributed by atoms with van der Waals surface area (Å²) >= 11 is 0. The van der Waals surface area contributed by atoms with Crippen LogP contribution in [0.4, 0.5) is 0 Å². The molecule has 0 saturated heterocycles. The Morgan fingerprint density at radius 2 is 1.75 bits per heavy atom. The molecule has 1 amide bonds. The van der Waals surface area contributed by atoms with Gasteiger partial charge < -0.3 is 5.32 Å². The number of carbonyl (C=O) groups is 1. The Morgan fingerprint density at radius 1 is 1.15 bits per heavy atom. The van der Waals surface area contributed by atoms with E-state index in [1.807, 2.05) is 19.9 Å². The van der Waals surface area contributed by atoms with Crippen LogP contribution in [0.15, 0.2) is 30.3 Å². The summed E-state index contributed by atoms with van der Waals surface area (Å²) in [5.41, 5.74) is 1.26. The maximum atomic E-state index is 12.0. The maximum absolute atomic E-state index is 12.0. The number of carbonyl (C=O) groups excluding carboxylic acids is 1. The topological polar surface area (TPSA) is 32.3 Å². The molecule has 3 nitrogen and oxygen atoms in total. The summed E-state index contributed by atoms with van der Waals surface area (Å²) in [6, 6.07) is 10.7. The second kappa shape index (κ2) is 8.75. The van der Waals surface area contributed by atoms with Crippen LogP contribution in [0, 0.1) is 5.92 Å². The number of nitrogens with zero attached hydrogens (tertiary/aromatic N) is 1. The van der Waals surface area contributed by atoms with Crippen molar-refractivity contribution in [2.45, 2.75) is 40.2 Å². The van der Waals surface area contributed by atoms with Crippen molar-refractivity contribution < 1.29 is 4.79 Å². The van der Waals surface area contributed by atoms with Crippen LogP contribution in [0.5, 0.6) is 0 Å². The van der Waals surface area contributed by atoms with Crippen LogP contribution < -0.4 is 5.32 Å². The number of nitrogens with one attached hydrogen (secondary N) is 1. The average molecular weight is 276 g/mol. The molecule has 0 radical (unpaired) electrons. The van der Waals surface area contributed by atoms with Crippen molar-refractivity contribution in [3.63, 3.8) is 0 Å². The molecule has 3 heteroatoms. The van der Waals surface area contributed by atoms with Gasteiger partial charge in [0, 0.05) is 12.5 Å². The molecule has 1 rings (SSSR count). The van der Waals surface area contributed by atoms with E-state index < -0.39 is 0 Å². The zero-order chi connectivity index (χ0) is 15.0. The van der Waals surface area contributed by atoms with Crippen LogP contribution in [0.1, 0.15) is 45.7 Å². The van der Waals surface area contributed by atoms with E-state index in [2.05, 4.69) is 48.3 Å². The molecule has 0 fully saturated rings. The molecule has 0 heterocycles. The maximum Gasteiger partial charge on any atom is 0.222 e. The molecule has 0 spiro atoms. The van der Waals surface area contributed by atoms with Crippen molar-refractivity contribution in [2.75, 3.05) is 19.6 Å². The van der Waals surface area contributed by atoms with Gasteiger partial charge in [-0.3, -0.25) is 9.69 Å². The molecular weight excluding hydrogens is 248 g/mol. The molecule has 0 saturated carbocycles. The van der Waals surface area contributed by atoms with Crippen LogP contribution in [0.25, 0.3) is 0 Å². The van der Waals surface area contributed by atoms with Crippen molar-refractivity contribution in [1.82, 2.24) is 10.2 Å². The van der Waals surface area contributed by atoms with Gasteiger partial charge in [0.2, 0.25) is 5.91 Å². The van der Waals surface area contributed by atoms with Gasteiger partial charge in [-0.2, -0.15) is 0 Å².